The number of amides is 3. The Labute approximate surface area is 384 Å². The first-order valence-electron chi connectivity index (χ1n) is 19.6. The van der Waals surface area contributed by atoms with Gasteiger partial charge in [-0.1, -0.05) is 77.3 Å². The number of carbonyl (C=O) groups excluding carboxylic acids is 3. The molecule has 0 radical (unpaired) electrons. The molecule has 0 aliphatic heterocycles. The number of hydrogen-bond acceptors (Lipinski definition) is 12. The van der Waals surface area contributed by atoms with Crippen molar-refractivity contribution in [2.24, 2.45) is 0 Å². The van der Waals surface area contributed by atoms with Gasteiger partial charge < -0.3 is 49.5 Å². The Morgan fingerprint density at radius 3 is 2.05 bits per heavy atom. The maximum absolute atomic E-state index is 14.2. The lowest BCUT2D eigenvalue weighted by atomic mass is 10.0. The molecule has 3 atom stereocenters. The van der Waals surface area contributed by atoms with E-state index in [4.69, 9.17) is 63.2 Å². The van der Waals surface area contributed by atoms with Crippen LogP contribution in [0, 0.1) is 15.9 Å². The molecule has 0 unspecified atom stereocenters. The SMILES string of the molecule is COc1cc(Oc2cc([C@H](COCc3ccccc3)NC(=O)OC(C)(C)C)ccc2OC)cc([C@@H](CO)NC(=O)[C@@H](Cc2ccc(F)c([N+](=O)[O-])c2)NC(=O)OC(C)(C)C(Cl)(Cl)Cl)c1. The van der Waals surface area contributed by atoms with Crippen LogP contribution in [0.15, 0.2) is 84.9 Å². The molecule has 4 N–H and O–H groups in total. The highest BCUT2D eigenvalue weighted by molar-refractivity contribution is 6.68. The van der Waals surface area contributed by atoms with Crippen molar-refractivity contribution >= 4 is 58.6 Å². The first-order valence-corrected chi connectivity index (χ1v) is 20.7. The zero-order valence-corrected chi connectivity index (χ0v) is 38.3. The molecule has 0 saturated heterocycles. The van der Waals surface area contributed by atoms with Crippen LogP contribution >= 0.6 is 34.8 Å². The molecule has 0 heterocycles. The van der Waals surface area contributed by atoms with Crippen LogP contribution in [0.1, 0.15) is 69.0 Å². The number of alkyl halides is 3. The number of alkyl carbamates (subject to hydrolysis) is 2. The molecule has 16 nitrogen and oxygen atoms in total. The molecule has 4 rings (SSSR count). The molecular formula is C44H50Cl3FN4O12. The topological polar surface area (TPSA) is 206 Å². The largest absolute Gasteiger partial charge is 0.497 e. The summed E-state index contributed by atoms with van der Waals surface area (Å²) in [6.45, 7) is 7.50. The van der Waals surface area contributed by atoms with Gasteiger partial charge in [0.1, 0.15) is 23.1 Å². The molecule has 0 saturated carbocycles. The van der Waals surface area contributed by atoms with E-state index < -0.39 is 80.7 Å². The third-order valence-electron chi connectivity index (χ3n) is 9.23. The van der Waals surface area contributed by atoms with Crippen molar-refractivity contribution in [1.29, 1.82) is 0 Å². The summed E-state index contributed by atoms with van der Waals surface area (Å²) in [6, 6.07) is 18.6. The average molecular weight is 952 g/mol. The van der Waals surface area contributed by atoms with Crippen LogP contribution in [-0.4, -0.2) is 76.6 Å². The summed E-state index contributed by atoms with van der Waals surface area (Å²) >= 11 is 18.0. The first-order chi connectivity index (χ1) is 30.0. The minimum Gasteiger partial charge on any atom is -0.497 e. The zero-order valence-electron chi connectivity index (χ0n) is 36.0. The molecule has 0 bridgehead atoms. The van der Waals surface area contributed by atoms with Gasteiger partial charge in [-0.05, 0) is 87.2 Å². The fourth-order valence-electron chi connectivity index (χ4n) is 5.87. The van der Waals surface area contributed by atoms with Crippen molar-refractivity contribution in [1.82, 2.24) is 16.0 Å². The quantitative estimate of drug-likeness (QED) is 0.0395. The van der Waals surface area contributed by atoms with Crippen LogP contribution < -0.4 is 30.2 Å². The van der Waals surface area contributed by atoms with Gasteiger partial charge >= 0.3 is 17.9 Å². The lowest BCUT2D eigenvalue weighted by Gasteiger charge is -2.32. The number of rotatable bonds is 19. The van der Waals surface area contributed by atoms with Crippen molar-refractivity contribution < 1.29 is 57.2 Å². The van der Waals surface area contributed by atoms with E-state index in [0.717, 1.165) is 17.7 Å². The van der Waals surface area contributed by atoms with Gasteiger partial charge in [-0.3, -0.25) is 14.9 Å². The lowest BCUT2D eigenvalue weighted by Crippen LogP contribution is -2.52. The summed E-state index contributed by atoms with van der Waals surface area (Å²) in [4.78, 5) is 50.6. The zero-order chi connectivity index (χ0) is 47.4. The molecule has 4 aromatic rings. The number of carbonyl (C=O) groups is 3. The minimum absolute atomic E-state index is 0.0530. The van der Waals surface area contributed by atoms with Crippen LogP contribution in [0.3, 0.4) is 0 Å². The number of benzene rings is 4. The maximum Gasteiger partial charge on any atom is 0.408 e. The molecule has 64 heavy (non-hydrogen) atoms. The van der Waals surface area contributed by atoms with Crippen molar-refractivity contribution in [2.75, 3.05) is 27.4 Å². The number of nitro groups is 1. The second-order valence-electron chi connectivity index (χ2n) is 15.7. The Kier molecular flexibility index (Phi) is 17.8. The normalized spacial score (nSPS) is 13.1. The van der Waals surface area contributed by atoms with E-state index in [9.17, 15) is 34.0 Å². The number of halogens is 4. The van der Waals surface area contributed by atoms with E-state index in [-0.39, 0.29) is 41.6 Å². The Hall–Kier alpha value is -5.59. The van der Waals surface area contributed by atoms with Crippen molar-refractivity contribution in [3.8, 4) is 23.0 Å². The Bertz CT molecular complexity index is 2260. The van der Waals surface area contributed by atoms with Crippen LogP contribution in [-0.2, 0) is 32.0 Å². The summed E-state index contributed by atoms with van der Waals surface area (Å²) in [6.07, 6.45) is -2.28. The highest BCUT2D eigenvalue weighted by atomic mass is 35.6. The highest BCUT2D eigenvalue weighted by Crippen LogP contribution is 2.40. The maximum atomic E-state index is 14.2. The van der Waals surface area contributed by atoms with Gasteiger partial charge in [-0.2, -0.15) is 4.39 Å². The fourth-order valence-corrected chi connectivity index (χ4v) is 5.98. The minimum atomic E-state index is -2.09. The molecule has 0 fully saturated rings. The van der Waals surface area contributed by atoms with E-state index >= 15 is 0 Å². The van der Waals surface area contributed by atoms with Gasteiger partial charge in [0.05, 0.1) is 51.0 Å². The van der Waals surface area contributed by atoms with E-state index in [1.54, 1.807) is 45.0 Å². The van der Waals surface area contributed by atoms with E-state index in [1.165, 1.54) is 46.3 Å². The summed E-state index contributed by atoms with van der Waals surface area (Å²) in [5.74, 6) is -1.08. The second kappa shape index (κ2) is 22.3. The Morgan fingerprint density at radius 2 is 1.44 bits per heavy atom. The average Bonchev–Trinajstić information content (AvgIpc) is 3.21. The van der Waals surface area contributed by atoms with Crippen molar-refractivity contribution in [3.63, 3.8) is 0 Å². The molecule has 4 aromatic carbocycles. The number of nitrogens with zero attached hydrogens (tertiary/aromatic N) is 1. The van der Waals surface area contributed by atoms with Crippen LogP contribution in [0.5, 0.6) is 23.0 Å². The van der Waals surface area contributed by atoms with Gasteiger partial charge in [-0.15, -0.1) is 0 Å². The van der Waals surface area contributed by atoms with Gasteiger partial charge in [0.15, 0.2) is 17.1 Å². The second-order valence-corrected chi connectivity index (χ2v) is 18.0. The number of nitrogens with one attached hydrogen (secondary N) is 3. The summed E-state index contributed by atoms with van der Waals surface area (Å²) < 4.78 is 46.5. The van der Waals surface area contributed by atoms with Crippen molar-refractivity contribution in [2.45, 2.75) is 80.8 Å². The van der Waals surface area contributed by atoms with Crippen LogP contribution in [0.4, 0.5) is 19.7 Å². The van der Waals surface area contributed by atoms with E-state index in [1.807, 2.05) is 30.3 Å². The molecule has 0 aliphatic carbocycles. The third-order valence-corrected chi connectivity index (χ3v) is 10.6. The summed E-state index contributed by atoms with van der Waals surface area (Å²) in [5, 5.41) is 30.0. The molecule has 3 amide bonds. The highest BCUT2D eigenvalue weighted by Gasteiger charge is 2.44. The number of nitro benzene ring substituents is 1. The summed E-state index contributed by atoms with van der Waals surface area (Å²) in [5.41, 5.74) is -1.47. The van der Waals surface area contributed by atoms with Crippen LogP contribution in [0.2, 0.25) is 0 Å². The summed E-state index contributed by atoms with van der Waals surface area (Å²) in [7, 11) is 2.84. The van der Waals surface area contributed by atoms with E-state index in [0.29, 0.717) is 11.3 Å². The molecule has 346 valence electrons. The first kappa shape index (κ1) is 51.0. The number of methoxy groups -OCH3 is 2. The predicted octanol–water partition coefficient (Wildman–Crippen LogP) is 8.96. The fraction of sp³-hybridized carbons (Fsp3) is 0.386. The van der Waals surface area contributed by atoms with Crippen molar-refractivity contribution in [3.05, 3.63) is 123 Å². The lowest BCUT2D eigenvalue weighted by molar-refractivity contribution is -0.387. The standard InChI is InChI=1S/C44H50Cl3FN4O12/c1-42(2,3)63-40(55)51-35(25-61-24-26-11-9-8-10-12-26)28-14-16-37(60-7)38(21-28)62-31-20-29(19-30(22-31)59-6)34(23-53)49-39(54)33(50-41(56)64-43(4,5)44(45,46)47)17-27-13-15-32(48)36(18-27)52(57)58/h8-16,18-22,33-35,53H,17,23-25H2,1-7H3,(H,49,54)(H,50,56)(H,51,55)/t33-,34-,35+/m1/s1. The molecular weight excluding hydrogens is 902 g/mol. The van der Waals surface area contributed by atoms with Gasteiger partial charge in [0.2, 0.25) is 15.5 Å². The Morgan fingerprint density at radius 1 is 0.766 bits per heavy atom. The van der Waals surface area contributed by atoms with Gasteiger partial charge in [0, 0.05) is 18.6 Å². The number of ether oxygens (including phenoxy) is 6. The van der Waals surface area contributed by atoms with Gasteiger partial charge in [0.25, 0.3) is 0 Å². The van der Waals surface area contributed by atoms with Crippen LogP contribution in [0.25, 0.3) is 0 Å². The predicted molar refractivity (Wildman–Crippen MR) is 237 cm³/mol. The smallest absolute Gasteiger partial charge is 0.408 e. The van der Waals surface area contributed by atoms with E-state index in [2.05, 4.69) is 16.0 Å². The van der Waals surface area contributed by atoms with Gasteiger partial charge in [-0.25, -0.2) is 9.59 Å². The molecule has 20 heteroatoms. The molecule has 0 aliphatic rings. The number of aliphatic hydroxyl groups excluding tert-OH is 1. The monoisotopic (exact) mass is 950 g/mol. The number of aliphatic hydroxyl groups is 1. The molecule has 0 spiro atoms. The third kappa shape index (κ3) is 15.0. The number of hydrogen-bond donors (Lipinski definition) is 4. The Balaban J connectivity index is 1.65. The molecule has 0 aromatic heterocycles.